The number of alkyl halides is 3. The van der Waals surface area contributed by atoms with Gasteiger partial charge in [0, 0.05) is 25.0 Å². The standard InChI is InChI=1S/C19H25F3N2O3S/c20-19(21,22)15-7-4-8-17(13-15)28(26,27)24-11-9-16(10-12-24)23-18(25)14-5-2-1-3-6-14/h4,7-8,13-14,16H,1-3,5-6,9-12H2,(H,23,25). The van der Waals surface area contributed by atoms with Crippen LogP contribution in [0.3, 0.4) is 0 Å². The lowest BCUT2D eigenvalue weighted by molar-refractivity contribution is -0.137. The van der Waals surface area contributed by atoms with Gasteiger partial charge < -0.3 is 5.32 Å². The molecule has 2 fully saturated rings. The summed E-state index contributed by atoms with van der Waals surface area (Å²) in [4.78, 5) is 12.0. The zero-order valence-corrected chi connectivity index (χ0v) is 16.4. The lowest BCUT2D eigenvalue weighted by Gasteiger charge is -2.33. The molecule has 1 saturated heterocycles. The molecule has 1 aliphatic carbocycles. The maximum Gasteiger partial charge on any atom is 0.416 e. The summed E-state index contributed by atoms with van der Waals surface area (Å²) >= 11 is 0. The normalized spacial score (nSPS) is 20.8. The Morgan fingerprint density at radius 2 is 1.68 bits per heavy atom. The molecule has 9 heteroatoms. The molecular weight excluding hydrogens is 393 g/mol. The molecule has 0 aromatic heterocycles. The Kier molecular flexibility index (Phi) is 6.34. The van der Waals surface area contributed by atoms with E-state index in [1.165, 1.54) is 10.4 Å². The molecule has 156 valence electrons. The van der Waals surface area contributed by atoms with Crippen molar-refractivity contribution in [1.82, 2.24) is 9.62 Å². The molecule has 28 heavy (non-hydrogen) atoms. The van der Waals surface area contributed by atoms with E-state index in [1.54, 1.807) is 0 Å². The summed E-state index contributed by atoms with van der Waals surface area (Å²) in [6.45, 7) is 0.350. The van der Waals surface area contributed by atoms with E-state index in [0.717, 1.165) is 44.2 Å². The van der Waals surface area contributed by atoms with E-state index < -0.39 is 21.8 Å². The molecule has 5 nitrogen and oxygen atoms in total. The van der Waals surface area contributed by atoms with Crippen LogP contribution in [0.2, 0.25) is 0 Å². The molecule has 1 aromatic rings. The van der Waals surface area contributed by atoms with Gasteiger partial charge in [-0.2, -0.15) is 17.5 Å². The largest absolute Gasteiger partial charge is 0.416 e. The van der Waals surface area contributed by atoms with Gasteiger partial charge in [0.1, 0.15) is 0 Å². The van der Waals surface area contributed by atoms with Gasteiger partial charge in [0.05, 0.1) is 10.5 Å². The van der Waals surface area contributed by atoms with Gasteiger partial charge in [-0.3, -0.25) is 4.79 Å². The average Bonchev–Trinajstić information content (AvgIpc) is 2.68. The number of nitrogens with zero attached hydrogens (tertiary/aromatic N) is 1. The molecule has 1 N–H and O–H groups in total. The molecule has 1 saturated carbocycles. The Morgan fingerprint density at radius 3 is 2.29 bits per heavy atom. The predicted molar refractivity (Wildman–Crippen MR) is 97.9 cm³/mol. The van der Waals surface area contributed by atoms with Crippen molar-refractivity contribution in [3.05, 3.63) is 29.8 Å². The predicted octanol–water partition coefficient (Wildman–Crippen LogP) is 3.56. The van der Waals surface area contributed by atoms with Crippen LogP contribution >= 0.6 is 0 Å². The first-order valence-corrected chi connectivity index (χ1v) is 11.1. The number of carbonyl (C=O) groups is 1. The molecule has 1 aliphatic heterocycles. The highest BCUT2D eigenvalue weighted by Crippen LogP contribution is 2.31. The SMILES string of the molecule is O=C(NC1CCN(S(=O)(=O)c2cccc(C(F)(F)F)c2)CC1)C1CCCCC1. The second-order valence-electron chi connectivity index (χ2n) is 7.55. The number of hydrogen-bond acceptors (Lipinski definition) is 3. The summed E-state index contributed by atoms with van der Waals surface area (Å²) in [6, 6.07) is 3.72. The van der Waals surface area contributed by atoms with Crippen LogP contribution < -0.4 is 5.32 Å². The van der Waals surface area contributed by atoms with Crippen molar-refractivity contribution in [3.63, 3.8) is 0 Å². The number of piperidine rings is 1. The first-order chi connectivity index (χ1) is 13.2. The number of amides is 1. The van der Waals surface area contributed by atoms with Crippen LogP contribution in [0, 0.1) is 5.92 Å². The highest BCUT2D eigenvalue weighted by molar-refractivity contribution is 7.89. The van der Waals surface area contributed by atoms with Crippen LogP contribution in [0.15, 0.2) is 29.2 Å². The van der Waals surface area contributed by atoms with Gasteiger partial charge in [0.15, 0.2) is 0 Å². The third-order valence-electron chi connectivity index (χ3n) is 5.58. The smallest absolute Gasteiger partial charge is 0.353 e. The quantitative estimate of drug-likeness (QED) is 0.813. The van der Waals surface area contributed by atoms with Crippen molar-refractivity contribution in [2.24, 2.45) is 5.92 Å². The van der Waals surface area contributed by atoms with Gasteiger partial charge in [-0.15, -0.1) is 0 Å². The fourth-order valence-electron chi connectivity index (χ4n) is 3.91. The number of rotatable bonds is 4. The average molecular weight is 418 g/mol. The minimum atomic E-state index is -4.60. The second kappa shape index (κ2) is 8.41. The highest BCUT2D eigenvalue weighted by Gasteiger charge is 2.34. The Labute approximate surface area is 163 Å². The molecule has 1 amide bonds. The number of hydrogen-bond donors (Lipinski definition) is 1. The van der Waals surface area contributed by atoms with Crippen LogP contribution in [0.25, 0.3) is 0 Å². The summed E-state index contributed by atoms with van der Waals surface area (Å²) in [5.74, 6) is 0.0829. The third-order valence-corrected chi connectivity index (χ3v) is 7.47. The Balaban J connectivity index is 1.60. The summed E-state index contributed by atoms with van der Waals surface area (Å²) in [7, 11) is -4.00. The van der Waals surface area contributed by atoms with E-state index in [4.69, 9.17) is 0 Å². The Bertz CT molecular complexity index is 797. The summed E-state index contributed by atoms with van der Waals surface area (Å²) in [6.07, 6.45) is 1.39. The molecule has 0 spiro atoms. The number of halogens is 3. The number of carbonyl (C=O) groups excluding carboxylic acids is 1. The fraction of sp³-hybridized carbons (Fsp3) is 0.632. The zero-order chi connectivity index (χ0) is 20.4. The fourth-order valence-corrected chi connectivity index (χ4v) is 5.42. The van der Waals surface area contributed by atoms with Crippen LogP contribution in [-0.2, 0) is 21.0 Å². The van der Waals surface area contributed by atoms with Gasteiger partial charge in [0.25, 0.3) is 0 Å². The molecule has 3 rings (SSSR count). The molecule has 0 radical (unpaired) electrons. The summed E-state index contributed by atoms with van der Waals surface area (Å²) in [5, 5.41) is 3.02. The monoisotopic (exact) mass is 418 g/mol. The molecule has 1 aromatic carbocycles. The zero-order valence-electron chi connectivity index (χ0n) is 15.5. The highest BCUT2D eigenvalue weighted by atomic mass is 32.2. The molecule has 0 atom stereocenters. The van der Waals surface area contributed by atoms with E-state index in [0.29, 0.717) is 18.9 Å². The van der Waals surface area contributed by atoms with E-state index in [2.05, 4.69) is 5.32 Å². The van der Waals surface area contributed by atoms with Crippen molar-refractivity contribution in [3.8, 4) is 0 Å². The van der Waals surface area contributed by atoms with E-state index in [9.17, 15) is 26.4 Å². The van der Waals surface area contributed by atoms with Gasteiger partial charge >= 0.3 is 6.18 Å². The van der Waals surface area contributed by atoms with E-state index in [-0.39, 0.29) is 35.9 Å². The molecule has 0 unspecified atom stereocenters. The van der Waals surface area contributed by atoms with Gasteiger partial charge in [-0.25, -0.2) is 8.42 Å². The van der Waals surface area contributed by atoms with Crippen LogP contribution in [0.1, 0.15) is 50.5 Å². The number of benzene rings is 1. The third kappa shape index (κ3) is 4.86. The maximum atomic E-state index is 12.9. The first kappa shape index (κ1) is 21.1. The molecule has 1 heterocycles. The van der Waals surface area contributed by atoms with Crippen LogP contribution in [0.5, 0.6) is 0 Å². The van der Waals surface area contributed by atoms with E-state index >= 15 is 0 Å². The van der Waals surface area contributed by atoms with Crippen molar-refractivity contribution >= 4 is 15.9 Å². The van der Waals surface area contributed by atoms with Crippen LogP contribution in [0.4, 0.5) is 13.2 Å². The topological polar surface area (TPSA) is 66.5 Å². The van der Waals surface area contributed by atoms with Crippen molar-refractivity contribution in [1.29, 1.82) is 0 Å². The minimum Gasteiger partial charge on any atom is -0.353 e. The molecular formula is C19H25F3N2O3S. The van der Waals surface area contributed by atoms with Crippen molar-refractivity contribution in [2.75, 3.05) is 13.1 Å². The Hall–Kier alpha value is -1.61. The summed E-state index contributed by atoms with van der Waals surface area (Å²) < 4.78 is 65.3. The van der Waals surface area contributed by atoms with Crippen LogP contribution in [-0.4, -0.2) is 37.8 Å². The first-order valence-electron chi connectivity index (χ1n) is 9.66. The number of nitrogens with one attached hydrogen (secondary N) is 1. The number of sulfonamides is 1. The van der Waals surface area contributed by atoms with Crippen molar-refractivity contribution in [2.45, 2.75) is 62.1 Å². The lowest BCUT2D eigenvalue weighted by atomic mass is 9.88. The molecule has 0 bridgehead atoms. The minimum absolute atomic E-state index is 0.0406. The molecule has 2 aliphatic rings. The van der Waals surface area contributed by atoms with Crippen molar-refractivity contribution < 1.29 is 26.4 Å². The maximum absolute atomic E-state index is 12.9. The van der Waals surface area contributed by atoms with Gasteiger partial charge in [-0.1, -0.05) is 25.3 Å². The second-order valence-corrected chi connectivity index (χ2v) is 9.49. The lowest BCUT2D eigenvalue weighted by Crippen LogP contribution is -2.48. The van der Waals surface area contributed by atoms with E-state index in [1.807, 2.05) is 0 Å². The Morgan fingerprint density at radius 1 is 1.04 bits per heavy atom. The van der Waals surface area contributed by atoms with Gasteiger partial charge in [0.2, 0.25) is 15.9 Å². The summed E-state index contributed by atoms with van der Waals surface area (Å²) in [5.41, 5.74) is -0.983. The van der Waals surface area contributed by atoms with Gasteiger partial charge in [-0.05, 0) is 43.9 Å².